The molecular formula is C20H15F3N2O. The molecule has 3 nitrogen and oxygen atoms in total. The Morgan fingerprint density at radius 1 is 1.04 bits per heavy atom. The van der Waals surface area contributed by atoms with E-state index in [0.717, 1.165) is 10.8 Å². The van der Waals surface area contributed by atoms with E-state index in [4.69, 9.17) is 0 Å². The molecule has 2 aromatic carbocycles. The molecule has 0 aliphatic rings. The third kappa shape index (κ3) is 4.08. The van der Waals surface area contributed by atoms with Crippen LogP contribution in [0.1, 0.15) is 22.8 Å². The monoisotopic (exact) mass is 356 g/mol. The molecule has 0 aliphatic heterocycles. The average molecular weight is 356 g/mol. The largest absolute Gasteiger partial charge is 0.410 e. The molecule has 1 N–H and O–H groups in total. The first-order chi connectivity index (χ1) is 12.3. The van der Waals surface area contributed by atoms with Crippen LogP contribution in [0.2, 0.25) is 0 Å². The van der Waals surface area contributed by atoms with Gasteiger partial charge in [-0.3, -0.25) is 9.78 Å². The smallest absolute Gasteiger partial charge is 0.321 e. The standard InChI is InChI=1S/C20H15F3N2O/c1-13(11-20(21,22)23)14-5-7-15(8-6-14)19(26)25-18-4-2-3-16-12-24-10-9-17(16)18/h2-12H,1H3,(H,25,26). The van der Waals surface area contributed by atoms with Crippen molar-refractivity contribution in [1.82, 2.24) is 4.98 Å². The predicted octanol–water partition coefficient (Wildman–Crippen LogP) is 5.45. The lowest BCUT2D eigenvalue weighted by molar-refractivity contribution is -0.0793. The molecule has 0 saturated carbocycles. The van der Waals surface area contributed by atoms with Gasteiger partial charge in [0.15, 0.2) is 0 Å². The van der Waals surface area contributed by atoms with Gasteiger partial charge in [0.2, 0.25) is 0 Å². The molecule has 6 heteroatoms. The zero-order valence-corrected chi connectivity index (χ0v) is 13.8. The Morgan fingerprint density at radius 3 is 2.42 bits per heavy atom. The maximum atomic E-state index is 12.4. The van der Waals surface area contributed by atoms with E-state index in [1.54, 1.807) is 24.5 Å². The number of amides is 1. The summed E-state index contributed by atoms with van der Waals surface area (Å²) in [6.07, 6.45) is -0.784. The van der Waals surface area contributed by atoms with Gasteiger partial charge in [0.05, 0.1) is 0 Å². The van der Waals surface area contributed by atoms with E-state index in [0.29, 0.717) is 16.8 Å². The maximum Gasteiger partial charge on any atom is 0.410 e. The highest BCUT2D eigenvalue weighted by atomic mass is 19.4. The zero-order chi connectivity index (χ0) is 18.7. The minimum atomic E-state index is -4.37. The Balaban J connectivity index is 1.81. The second-order valence-electron chi connectivity index (χ2n) is 5.80. The van der Waals surface area contributed by atoms with Crippen molar-refractivity contribution in [2.75, 3.05) is 5.32 Å². The lowest BCUT2D eigenvalue weighted by Gasteiger charge is -2.09. The van der Waals surface area contributed by atoms with Crippen molar-refractivity contribution in [1.29, 1.82) is 0 Å². The van der Waals surface area contributed by atoms with Crippen LogP contribution in [0, 0.1) is 0 Å². The second kappa shape index (κ2) is 7.00. The summed E-state index contributed by atoms with van der Waals surface area (Å²) in [5.41, 5.74) is 1.51. The van der Waals surface area contributed by atoms with Crippen LogP contribution in [-0.2, 0) is 0 Å². The van der Waals surface area contributed by atoms with E-state index in [1.165, 1.54) is 31.2 Å². The highest BCUT2D eigenvalue weighted by Gasteiger charge is 2.23. The van der Waals surface area contributed by atoms with Crippen molar-refractivity contribution >= 4 is 27.9 Å². The van der Waals surface area contributed by atoms with Crippen molar-refractivity contribution in [2.45, 2.75) is 13.1 Å². The molecule has 3 rings (SSSR count). The summed E-state index contributed by atoms with van der Waals surface area (Å²) in [4.78, 5) is 16.5. The summed E-state index contributed by atoms with van der Waals surface area (Å²) in [6, 6.07) is 13.3. The van der Waals surface area contributed by atoms with Gasteiger partial charge in [-0.1, -0.05) is 24.3 Å². The van der Waals surface area contributed by atoms with Crippen LogP contribution in [0.3, 0.4) is 0 Å². The molecule has 0 aliphatic carbocycles. The van der Waals surface area contributed by atoms with E-state index >= 15 is 0 Å². The minimum absolute atomic E-state index is 0.0889. The van der Waals surface area contributed by atoms with Gasteiger partial charge in [-0.15, -0.1) is 0 Å². The normalized spacial score (nSPS) is 12.2. The molecule has 0 spiro atoms. The topological polar surface area (TPSA) is 42.0 Å². The third-order valence-electron chi connectivity index (χ3n) is 3.91. The molecule has 1 amide bonds. The van der Waals surface area contributed by atoms with Gasteiger partial charge < -0.3 is 5.32 Å². The summed E-state index contributed by atoms with van der Waals surface area (Å²) >= 11 is 0. The molecule has 0 atom stereocenters. The van der Waals surface area contributed by atoms with Crippen LogP contribution in [0.5, 0.6) is 0 Å². The lowest BCUT2D eigenvalue weighted by Crippen LogP contribution is -2.12. The van der Waals surface area contributed by atoms with Crippen LogP contribution < -0.4 is 5.32 Å². The number of hydrogen-bond donors (Lipinski definition) is 1. The van der Waals surface area contributed by atoms with Crippen LogP contribution in [0.25, 0.3) is 16.3 Å². The van der Waals surface area contributed by atoms with E-state index in [9.17, 15) is 18.0 Å². The quantitative estimate of drug-likeness (QED) is 0.678. The Bertz CT molecular complexity index is 971. The number of carbonyl (C=O) groups is 1. The van der Waals surface area contributed by atoms with Gasteiger partial charge >= 0.3 is 6.18 Å². The fraction of sp³-hybridized carbons (Fsp3) is 0.100. The number of rotatable bonds is 3. The maximum absolute atomic E-state index is 12.4. The van der Waals surface area contributed by atoms with Crippen molar-refractivity contribution < 1.29 is 18.0 Å². The molecule has 132 valence electrons. The Kier molecular flexibility index (Phi) is 4.75. The van der Waals surface area contributed by atoms with Crippen LogP contribution in [0.15, 0.2) is 67.0 Å². The number of carbonyl (C=O) groups excluding carboxylic acids is 1. The van der Waals surface area contributed by atoms with E-state index in [1.807, 2.05) is 12.1 Å². The number of aromatic nitrogens is 1. The number of benzene rings is 2. The van der Waals surface area contributed by atoms with Gasteiger partial charge in [0.1, 0.15) is 0 Å². The number of anilines is 1. The molecule has 26 heavy (non-hydrogen) atoms. The SMILES string of the molecule is CC(=CC(F)(F)F)c1ccc(C(=O)Nc2cccc3cnccc23)cc1. The van der Waals surface area contributed by atoms with E-state index < -0.39 is 6.18 Å². The van der Waals surface area contributed by atoms with Crippen molar-refractivity contribution in [3.8, 4) is 0 Å². The van der Waals surface area contributed by atoms with Gasteiger partial charge in [-0.05, 0) is 42.3 Å². The molecule has 3 aromatic rings. The number of alkyl halides is 3. The number of nitrogens with zero attached hydrogens (tertiary/aromatic N) is 1. The summed E-state index contributed by atoms with van der Waals surface area (Å²) in [5.74, 6) is -0.335. The number of nitrogens with one attached hydrogen (secondary N) is 1. The molecule has 0 saturated heterocycles. The molecule has 0 radical (unpaired) electrons. The van der Waals surface area contributed by atoms with Gasteiger partial charge in [-0.25, -0.2) is 0 Å². The third-order valence-corrected chi connectivity index (χ3v) is 3.91. The molecule has 1 heterocycles. The zero-order valence-electron chi connectivity index (χ0n) is 13.8. The fourth-order valence-corrected chi connectivity index (χ4v) is 2.64. The minimum Gasteiger partial charge on any atom is -0.321 e. The Morgan fingerprint density at radius 2 is 1.73 bits per heavy atom. The first-order valence-corrected chi connectivity index (χ1v) is 7.84. The summed E-state index contributed by atoms with van der Waals surface area (Å²) in [6.45, 7) is 1.38. The van der Waals surface area contributed by atoms with E-state index in [-0.39, 0.29) is 17.6 Å². The lowest BCUT2D eigenvalue weighted by atomic mass is 10.0. The number of halogens is 3. The summed E-state index contributed by atoms with van der Waals surface area (Å²) in [7, 11) is 0. The average Bonchev–Trinajstić information content (AvgIpc) is 2.61. The highest BCUT2D eigenvalue weighted by molar-refractivity contribution is 6.09. The number of fused-ring (bicyclic) bond motifs is 1. The van der Waals surface area contributed by atoms with E-state index in [2.05, 4.69) is 10.3 Å². The van der Waals surface area contributed by atoms with Crippen molar-refractivity contribution in [3.63, 3.8) is 0 Å². The van der Waals surface area contributed by atoms with Crippen LogP contribution in [0.4, 0.5) is 18.9 Å². The second-order valence-corrected chi connectivity index (χ2v) is 5.80. The molecular weight excluding hydrogens is 341 g/mol. The van der Waals surface area contributed by atoms with Gasteiger partial charge in [0, 0.05) is 40.5 Å². The Hall–Kier alpha value is -3.15. The first-order valence-electron chi connectivity index (χ1n) is 7.84. The number of pyridine rings is 1. The number of allylic oxidation sites excluding steroid dienone is 2. The fourth-order valence-electron chi connectivity index (χ4n) is 2.64. The molecule has 0 fully saturated rings. The predicted molar refractivity (Wildman–Crippen MR) is 95.8 cm³/mol. The summed E-state index contributed by atoms with van der Waals surface area (Å²) < 4.78 is 37.3. The molecule has 1 aromatic heterocycles. The van der Waals surface area contributed by atoms with Crippen molar-refractivity contribution in [3.05, 3.63) is 78.1 Å². The molecule has 0 unspecified atom stereocenters. The highest BCUT2D eigenvalue weighted by Crippen LogP contribution is 2.25. The summed E-state index contributed by atoms with van der Waals surface area (Å²) in [5, 5.41) is 4.58. The van der Waals surface area contributed by atoms with Crippen LogP contribution in [-0.4, -0.2) is 17.1 Å². The van der Waals surface area contributed by atoms with Crippen molar-refractivity contribution in [2.24, 2.45) is 0 Å². The van der Waals surface area contributed by atoms with Gasteiger partial charge in [0.25, 0.3) is 5.91 Å². The Labute approximate surface area is 148 Å². The molecule has 0 bridgehead atoms. The number of hydrogen-bond acceptors (Lipinski definition) is 2. The van der Waals surface area contributed by atoms with Crippen LogP contribution >= 0.6 is 0 Å². The van der Waals surface area contributed by atoms with Gasteiger partial charge in [-0.2, -0.15) is 13.2 Å². The first kappa shape index (κ1) is 17.7.